The first-order valence-electron chi connectivity index (χ1n) is 5.37. The van der Waals surface area contributed by atoms with Gasteiger partial charge in [-0.25, -0.2) is 8.78 Å². The van der Waals surface area contributed by atoms with Crippen molar-refractivity contribution >= 4 is 23.2 Å². The van der Waals surface area contributed by atoms with Crippen LogP contribution in [0.2, 0.25) is 0 Å². The summed E-state index contributed by atoms with van der Waals surface area (Å²) < 4.78 is 27.1. The van der Waals surface area contributed by atoms with Crippen molar-refractivity contribution in [1.82, 2.24) is 0 Å². The first kappa shape index (κ1) is 13.5. The molecule has 0 amide bonds. The number of allylic oxidation sites excluding steroid dienone is 3. The molecule has 96 valence electrons. The van der Waals surface area contributed by atoms with E-state index in [4.69, 9.17) is 23.2 Å². The van der Waals surface area contributed by atoms with Crippen molar-refractivity contribution in [3.63, 3.8) is 0 Å². The maximum Gasteiger partial charge on any atom is 0.132 e. The second-order valence-corrected chi connectivity index (χ2v) is 4.87. The van der Waals surface area contributed by atoms with Crippen molar-refractivity contribution in [3.8, 4) is 0 Å². The van der Waals surface area contributed by atoms with Gasteiger partial charge in [-0.15, -0.1) is 0 Å². The van der Waals surface area contributed by atoms with Crippen LogP contribution in [0.4, 0.5) is 8.78 Å². The number of aliphatic hydroxyl groups is 1. The highest BCUT2D eigenvalue weighted by Crippen LogP contribution is 2.36. The highest BCUT2D eigenvalue weighted by atomic mass is 35.5. The lowest BCUT2D eigenvalue weighted by Gasteiger charge is -2.20. The predicted octanol–water partition coefficient (Wildman–Crippen LogP) is 4.41. The Morgan fingerprint density at radius 3 is 2.28 bits per heavy atom. The Balaban J connectivity index is 2.39. The van der Waals surface area contributed by atoms with Gasteiger partial charge >= 0.3 is 0 Å². The SMILES string of the molecule is OC(C1=CC(Cl)=C(Cl)CC1)c1c(F)cccc1F. The van der Waals surface area contributed by atoms with Gasteiger partial charge in [0.1, 0.15) is 17.7 Å². The molecule has 0 saturated heterocycles. The van der Waals surface area contributed by atoms with Gasteiger partial charge in [-0.05, 0) is 36.6 Å². The van der Waals surface area contributed by atoms with Crippen molar-refractivity contribution in [2.75, 3.05) is 0 Å². The first-order chi connectivity index (χ1) is 8.50. The summed E-state index contributed by atoms with van der Waals surface area (Å²) in [5.74, 6) is -1.56. The molecule has 0 aliphatic heterocycles. The molecule has 1 aromatic carbocycles. The summed E-state index contributed by atoms with van der Waals surface area (Å²) in [5.41, 5.74) is 0.0969. The molecule has 18 heavy (non-hydrogen) atoms. The van der Waals surface area contributed by atoms with Crippen molar-refractivity contribution < 1.29 is 13.9 Å². The van der Waals surface area contributed by atoms with E-state index in [2.05, 4.69) is 0 Å². The molecule has 0 aromatic heterocycles. The van der Waals surface area contributed by atoms with Crippen molar-refractivity contribution in [2.45, 2.75) is 18.9 Å². The Hall–Kier alpha value is -0.900. The second kappa shape index (κ2) is 5.39. The van der Waals surface area contributed by atoms with Crippen molar-refractivity contribution in [3.05, 3.63) is 57.1 Å². The lowest BCUT2D eigenvalue weighted by molar-refractivity contribution is 0.200. The third kappa shape index (κ3) is 2.58. The summed E-state index contributed by atoms with van der Waals surface area (Å²) in [6.45, 7) is 0. The third-order valence-corrected chi connectivity index (χ3v) is 3.66. The van der Waals surface area contributed by atoms with Gasteiger partial charge in [-0.1, -0.05) is 29.3 Å². The largest absolute Gasteiger partial charge is 0.384 e. The molecule has 0 heterocycles. The van der Waals surface area contributed by atoms with Crippen LogP contribution in [-0.2, 0) is 0 Å². The molecule has 1 N–H and O–H groups in total. The van der Waals surface area contributed by atoms with Gasteiger partial charge in [0.25, 0.3) is 0 Å². The highest BCUT2D eigenvalue weighted by Gasteiger charge is 2.23. The monoisotopic (exact) mass is 290 g/mol. The minimum atomic E-state index is -1.34. The number of hydrogen-bond acceptors (Lipinski definition) is 1. The van der Waals surface area contributed by atoms with Gasteiger partial charge in [0.05, 0.1) is 10.6 Å². The lowest BCUT2D eigenvalue weighted by atomic mass is 9.94. The zero-order valence-corrected chi connectivity index (χ0v) is 10.8. The summed E-state index contributed by atoms with van der Waals surface area (Å²) in [7, 11) is 0. The van der Waals surface area contributed by atoms with Gasteiger partial charge in [-0.2, -0.15) is 0 Å². The molecule has 5 heteroatoms. The minimum absolute atomic E-state index is 0.300. The van der Waals surface area contributed by atoms with Crippen LogP contribution in [-0.4, -0.2) is 5.11 Å². The van der Waals surface area contributed by atoms with Crippen molar-refractivity contribution in [1.29, 1.82) is 0 Å². The number of rotatable bonds is 2. The molecule has 1 aromatic rings. The topological polar surface area (TPSA) is 20.2 Å². The molecule has 1 atom stereocenters. The summed E-state index contributed by atoms with van der Waals surface area (Å²) in [6, 6.07) is 3.46. The van der Waals surface area contributed by atoms with E-state index in [1.807, 2.05) is 0 Å². The van der Waals surface area contributed by atoms with Crippen LogP contribution in [0.5, 0.6) is 0 Å². The molecule has 1 aliphatic rings. The molecule has 1 nitrogen and oxygen atoms in total. The fourth-order valence-corrected chi connectivity index (χ4v) is 2.24. The van der Waals surface area contributed by atoms with Crippen molar-refractivity contribution in [2.24, 2.45) is 0 Å². The van der Waals surface area contributed by atoms with Crippen LogP contribution in [0.1, 0.15) is 24.5 Å². The number of benzene rings is 1. The van der Waals surface area contributed by atoms with E-state index < -0.39 is 17.7 Å². The zero-order chi connectivity index (χ0) is 13.3. The van der Waals surface area contributed by atoms with Crippen LogP contribution in [0.15, 0.2) is 39.9 Å². The minimum Gasteiger partial charge on any atom is -0.384 e. The fraction of sp³-hybridized carbons (Fsp3) is 0.231. The maximum absolute atomic E-state index is 13.5. The number of aliphatic hydroxyl groups excluding tert-OH is 1. The van der Waals surface area contributed by atoms with Crippen LogP contribution >= 0.6 is 23.2 Å². The Kier molecular flexibility index (Phi) is 4.05. The average molecular weight is 291 g/mol. The Morgan fingerprint density at radius 1 is 1.11 bits per heavy atom. The molecule has 0 bridgehead atoms. The molecule has 2 rings (SSSR count). The van der Waals surface area contributed by atoms with Crippen LogP contribution in [0.25, 0.3) is 0 Å². The summed E-state index contributed by atoms with van der Waals surface area (Å²) in [5, 5.41) is 10.8. The average Bonchev–Trinajstić information content (AvgIpc) is 2.32. The normalized spacial score (nSPS) is 17.7. The summed E-state index contributed by atoms with van der Waals surface area (Å²) >= 11 is 11.7. The van der Waals surface area contributed by atoms with Gasteiger partial charge in [0, 0.05) is 5.03 Å². The smallest absolute Gasteiger partial charge is 0.132 e. The molecule has 1 aliphatic carbocycles. The predicted molar refractivity (Wildman–Crippen MR) is 67.4 cm³/mol. The van der Waals surface area contributed by atoms with Gasteiger partial charge in [0.2, 0.25) is 0 Å². The molecular weight excluding hydrogens is 281 g/mol. The quantitative estimate of drug-likeness (QED) is 0.855. The maximum atomic E-state index is 13.5. The Morgan fingerprint density at radius 2 is 1.72 bits per heavy atom. The second-order valence-electron chi connectivity index (χ2n) is 4.01. The Bertz CT molecular complexity index is 518. The molecule has 0 spiro atoms. The molecular formula is C13H10Cl2F2O. The lowest BCUT2D eigenvalue weighted by Crippen LogP contribution is -2.09. The number of halogens is 4. The van der Waals surface area contributed by atoms with Gasteiger partial charge < -0.3 is 5.11 Å². The fourth-order valence-electron chi connectivity index (χ4n) is 1.86. The zero-order valence-electron chi connectivity index (χ0n) is 9.26. The van der Waals surface area contributed by atoms with Crippen LogP contribution < -0.4 is 0 Å². The van der Waals surface area contributed by atoms with Gasteiger partial charge in [0.15, 0.2) is 0 Å². The molecule has 1 unspecified atom stereocenters. The van der Waals surface area contributed by atoms with Crippen LogP contribution in [0, 0.1) is 11.6 Å². The van der Waals surface area contributed by atoms with E-state index in [1.165, 1.54) is 12.1 Å². The van der Waals surface area contributed by atoms with E-state index in [0.717, 1.165) is 12.1 Å². The first-order valence-corrected chi connectivity index (χ1v) is 6.13. The Labute approximate surface area is 113 Å². The van der Waals surface area contributed by atoms with Gasteiger partial charge in [-0.3, -0.25) is 0 Å². The molecule has 0 saturated carbocycles. The summed E-state index contributed by atoms with van der Waals surface area (Å²) in [6.07, 6.45) is 0.998. The number of hydrogen-bond donors (Lipinski definition) is 1. The van der Waals surface area contributed by atoms with E-state index >= 15 is 0 Å². The van der Waals surface area contributed by atoms with E-state index in [0.29, 0.717) is 28.5 Å². The molecule has 0 radical (unpaired) electrons. The van der Waals surface area contributed by atoms with Crippen LogP contribution in [0.3, 0.4) is 0 Å². The van der Waals surface area contributed by atoms with E-state index in [9.17, 15) is 13.9 Å². The van der Waals surface area contributed by atoms with E-state index in [-0.39, 0.29) is 5.56 Å². The standard InChI is InChI=1S/C13H10Cl2F2O/c14-8-5-4-7(6-9(8)15)13(18)12-10(16)2-1-3-11(12)17/h1-3,6,13,18H,4-5H2. The highest BCUT2D eigenvalue weighted by molar-refractivity contribution is 6.40. The van der Waals surface area contributed by atoms with E-state index in [1.54, 1.807) is 0 Å². The molecule has 0 fully saturated rings. The summed E-state index contributed by atoms with van der Waals surface area (Å²) in [4.78, 5) is 0. The third-order valence-electron chi connectivity index (χ3n) is 2.83.